The van der Waals surface area contributed by atoms with E-state index in [0.717, 1.165) is 26.1 Å². The molecule has 0 rings (SSSR count). The van der Waals surface area contributed by atoms with Crippen molar-refractivity contribution in [2.75, 3.05) is 26.2 Å². The van der Waals surface area contributed by atoms with E-state index in [0.29, 0.717) is 0 Å². The summed E-state index contributed by atoms with van der Waals surface area (Å²) in [4.78, 5) is 0. The summed E-state index contributed by atoms with van der Waals surface area (Å²) in [6.07, 6.45) is 14.8. The van der Waals surface area contributed by atoms with Crippen molar-refractivity contribution >= 4 is 0 Å². The van der Waals surface area contributed by atoms with Gasteiger partial charge in [0.15, 0.2) is 0 Å². The SMILES string of the molecule is NCCCCCCCCCCCCNCCCN. The maximum absolute atomic E-state index is 5.46. The predicted molar refractivity (Wildman–Crippen MR) is 81.8 cm³/mol. The van der Waals surface area contributed by atoms with E-state index >= 15 is 0 Å². The molecule has 0 aromatic heterocycles. The smallest absolute Gasteiger partial charge is 0.00369 e. The second-order valence-electron chi connectivity index (χ2n) is 5.22. The van der Waals surface area contributed by atoms with Crippen LogP contribution in [0.15, 0.2) is 0 Å². The summed E-state index contributed by atoms with van der Waals surface area (Å²) in [6.45, 7) is 3.91. The number of nitrogens with one attached hydrogen (secondary N) is 1. The van der Waals surface area contributed by atoms with Crippen LogP contribution in [0.3, 0.4) is 0 Å². The second kappa shape index (κ2) is 16.9. The van der Waals surface area contributed by atoms with Gasteiger partial charge in [-0.25, -0.2) is 0 Å². The first kappa shape index (κ1) is 17.9. The van der Waals surface area contributed by atoms with Crippen molar-refractivity contribution in [2.24, 2.45) is 11.5 Å². The Morgan fingerprint density at radius 2 is 0.833 bits per heavy atom. The molecule has 0 spiro atoms. The summed E-state index contributed by atoms with van der Waals surface area (Å²) in [5, 5.41) is 3.43. The lowest BCUT2D eigenvalue weighted by Crippen LogP contribution is -2.19. The summed E-state index contributed by atoms with van der Waals surface area (Å²) in [5.74, 6) is 0. The van der Waals surface area contributed by atoms with Crippen LogP contribution >= 0.6 is 0 Å². The minimum atomic E-state index is 0.804. The zero-order valence-corrected chi connectivity index (χ0v) is 12.3. The van der Waals surface area contributed by atoms with Crippen LogP contribution in [0.4, 0.5) is 0 Å². The Morgan fingerprint density at radius 3 is 1.33 bits per heavy atom. The molecule has 0 aliphatic rings. The van der Waals surface area contributed by atoms with Gasteiger partial charge in [0.2, 0.25) is 0 Å². The zero-order chi connectivity index (χ0) is 13.3. The Kier molecular flexibility index (Phi) is 16.8. The highest BCUT2D eigenvalue weighted by molar-refractivity contribution is 4.51. The van der Waals surface area contributed by atoms with E-state index in [4.69, 9.17) is 11.5 Å². The Morgan fingerprint density at radius 1 is 0.444 bits per heavy atom. The van der Waals surface area contributed by atoms with Gasteiger partial charge in [0, 0.05) is 0 Å². The molecule has 0 aromatic carbocycles. The first-order valence-electron chi connectivity index (χ1n) is 8.02. The highest BCUT2D eigenvalue weighted by Gasteiger charge is 1.93. The summed E-state index contributed by atoms with van der Waals surface area (Å²) in [5.41, 5.74) is 10.9. The van der Waals surface area contributed by atoms with E-state index in [1.807, 2.05) is 0 Å². The fourth-order valence-electron chi connectivity index (χ4n) is 2.16. The Bertz CT molecular complexity index is 124. The third-order valence-corrected chi connectivity index (χ3v) is 3.37. The van der Waals surface area contributed by atoms with Crippen molar-refractivity contribution in [1.82, 2.24) is 5.32 Å². The standard InChI is InChI=1S/C15H35N3/c16-12-9-7-5-3-1-2-4-6-8-10-14-18-15-11-13-17/h18H,1-17H2. The van der Waals surface area contributed by atoms with Gasteiger partial charge in [-0.1, -0.05) is 51.4 Å². The van der Waals surface area contributed by atoms with E-state index in [1.54, 1.807) is 0 Å². The van der Waals surface area contributed by atoms with Crippen LogP contribution in [0.25, 0.3) is 0 Å². The average Bonchev–Trinajstić information content (AvgIpc) is 2.39. The molecule has 5 N–H and O–H groups in total. The highest BCUT2D eigenvalue weighted by Crippen LogP contribution is 2.10. The summed E-state index contributed by atoms with van der Waals surface area (Å²) in [6, 6.07) is 0. The van der Waals surface area contributed by atoms with E-state index in [9.17, 15) is 0 Å². The molecular formula is C15H35N3. The van der Waals surface area contributed by atoms with Crippen molar-refractivity contribution in [2.45, 2.75) is 70.6 Å². The molecule has 3 heteroatoms. The molecule has 0 atom stereocenters. The maximum Gasteiger partial charge on any atom is -0.00369 e. The normalized spacial score (nSPS) is 11.0. The molecule has 0 aromatic rings. The first-order chi connectivity index (χ1) is 8.91. The monoisotopic (exact) mass is 257 g/mol. The van der Waals surface area contributed by atoms with Crippen molar-refractivity contribution in [3.63, 3.8) is 0 Å². The molecular weight excluding hydrogens is 222 g/mol. The summed E-state index contributed by atoms with van der Waals surface area (Å²) >= 11 is 0. The maximum atomic E-state index is 5.46. The van der Waals surface area contributed by atoms with E-state index < -0.39 is 0 Å². The van der Waals surface area contributed by atoms with E-state index in [-0.39, 0.29) is 0 Å². The fraction of sp³-hybridized carbons (Fsp3) is 1.00. The van der Waals surface area contributed by atoms with Crippen LogP contribution in [-0.2, 0) is 0 Å². The Balaban J connectivity index is 2.86. The minimum Gasteiger partial charge on any atom is -0.330 e. The largest absolute Gasteiger partial charge is 0.330 e. The molecule has 0 fully saturated rings. The van der Waals surface area contributed by atoms with Crippen LogP contribution in [0.2, 0.25) is 0 Å². The summed E-state index contributed by atoms with van der Waals surface area (Å²) < 4.78 is 0. The molecule has 0 heterocycles. The quantitative estimate of drug-likeness (QED) is 0.395. The van der Waals surface area contributed by atoms with E-state index in [2.05, 4.69) is 5.32 Å². The lowest BCUT2D eigenvalue weighted by Gasteiger charge is -2.04. The van der Waals surface area contributed by atoms with Gasteiger partial charge in [0.25, 0.3) is 0 Å². The molecule has 110 valence electrons. The number of nitrogens with two attached hydrogens (primary N) is 2. The topological polar surface area (TPSA) is 64.1 Å². The lowest BCUT2D eigenvalue weighted by atomic mass is 10.1. The first-order valence-corrected chi connectivity index (χ1v) is 8.02. The van der Waals surface area contributed by atoms with Gasteiger partial charge in [-0.05, 0) is 45.4 Å². The van der Waals surface area contributed by atoms with Crippen LogP contribution in [0, 0.1) is 0 Å². The number of rotatable bonds is 15. The molecule has 3 nitrogen and oxygen atoms in total. The summed E-state index contributed by atoms with van der Waals surface area (Å²) in [7, 11) is 0. The second-order valence-corrected chi connectivity index (χ2v) is 5.22. The van der Waals surface area contributed by atoms with Crippen LogP contribution in [0.5, 0.6) is 0 Å². The molecule has 0 saturated heterocycles. The fourth-order valence-corrected chi connectivity index (χ4v) is 2.16. The molecule has 0 unspecified atom stereocenters. The molecule has 0 aliphatic heterocycles. The number of hydrogen-bond acceptors (Lipinski definition) is 3. The zero-order valence-electron chi connectivity index (χ0n) is 12.3. The van der Waals surface area contributed by atoms with Crippen LogP contribution < -0.4 is 16.8 Å². The van der Waals surface area contributed by atoms with Gasteiger partial charge in [0.1, 0.15) is 0 Å². The van der Waals surface area contributed by atoms with E-state index in [1.165, 1.54) is 70.8 Å². The molecule has 0 saturated carbocycles. The Hall–Kier alpha value is -0.120. The molecule has 18 heavy (non-hydrogen) atoms. The van der Waals surface area contributed by atoms with Gasteiger partial charge in [-0.2, -0.15) is 0 Å². The third-order valence-electron chi connectivity index (χ3n) is 3.37. The van der Waals surface area contributed by atoms with Gasteiger partial charge >= 0.3 is 0 Å². The Labute approximate surface area is 114 Å². The van der Waals surface area contributed by atoms with Gasteiger partial charge in [0.05, 0.1) is 0 Å². The van der Waals surface area contributed by atoms with Crippen LogP contribution in [-0.4, -0.2) is 26.2 Å². The highest BCUT2D eigenvalue weighted by atomic mass is 14.8. The van der Waals surface area contributed by atoms with Crippen LogP contribution in [0.1, 0.15) is 70.6 Å². The number of unbranched alkanes of at least 4 members (excludes halogenated alkanes) is 9. The van der Waals surface area contributed by atoms with Crippen molar-refractivity contribution in [3.05, 3.63) is 0 Å². The van der Waals surface area contributed by atoms with Crippen molar-refractivity contribution in [1.29, 1.82) is 0 Å². The van der Waals surface area contributed by atoms with Gasteiger partial charge in [-0.3, -0.25) is 0 Å². The minimum absolute atomic E-state index is 0.804. The number of hydrogen-bond donors (Lipinski definition) is 3. The third kappa shape index (κ3) is 15.9. The van der Waals surface area contributed by atoms with Crippen molar-refractivity contribution in [3.8, 4) is 0 Å². The average molecular weight is 257 g/mol. The molecule has 0 radical (unpaired) electrons. The molecule has 0 amide bonds. The molecule has 0 bridgehead atoms. The van der Waals surface area contributed by atoms with Gasteiger partial charge < -0.3 is 16.8 Å². The molecule has 0 aliphatic carbocycles. The lowest BCUT2D eigenvalue weighted by molar-refractivity contribution is 0.539. The van der Waals surface area contributed by atoms with Gasteiger partial charge in [-0.15, -0.1) is 0 Å². The van der Waals surface area contributed by atoms with Crippen molar-refractivity contribution < 1.29 is 0 Å². The predicted octanol–water partition coefficient (Wildman–Crippen LogP) is 2.78.